The Kier molecular flexibility index (Phi) is 4.00. The maximum atomic E-state index is 11.8. The molecule has 6 N–H and O–H groups in total. The van der Waals surface area contributed by atoms with Gasteiger partial charge in [-0.25, -0.2) is 4.57 Å². The summed E-state index contributed by atoms with van der Waals surface area (Å²) < 4.78 is 22.2. The fourth-order valence-corrected chi connectivity index (χ4v) is 2.84. The second kappa shape index (κ2) is 5.71. The molecule has 23 heavy (non-hydrogen) atoms. The zero-order chi connectivity index (χ0) is 16.8. The van der Waals surface area contributed by atoms with Gasteiger partial charge in [0.1, 0.15) is 12.3 Å². The number of aromatic amines is 1. The summed E-state index contributed by atoms with van der Waals surface area (Å²) in [7, 11) is -4.65. The van der Waals surface area contributed by atoms with Crippen LogP contribution in [0.15, 0.2) is 17.1 Å². The van der Waals surface area contributed by atoms with Gasteiger partial charge in [0, 0.05) is 12.6 Å². The predicted molar refractivity (Wildman–Crippen MR) is 77.3 cm³/mol. The van der Waals surface area contributed by atoms with Crippen LogP contribution in [-0.2, 0) is 13.8 Å². The first-order chi connectivity index (χ1) is 10.7. The molecule has 0 spiro atoms. The van der Waals surface area contributed by atoms with Gasteiger partial charge in [-0.15, -0.1) is 0 Å². The smallest absolute Gasteiger partial charge is 0.390 e. The standard InChI is InChI=1S/C11H15N4O7P/c12-11-13-9-5(10(17)14-11)1-2-15(9)8-3-6(16)7(22-8)4-21-23(18,19)20/h1-2,6-8,16H,3-4H2,(H2,18,19,20)(H3,12,13,14,17)/t6-,7+,8+/m0/s1. The van der Waals surface area contributed by atoms with Crippen LogP contribution in [0.3, 0.4) is 0 Å². The highest BCUT2D eigenvalue weighted by atomic mass is 31.2. The highest BCUT2D eigenvalue weighted by molar-refractivity contribution is 7.46. The number of nitrogens with zero attached hydrogens (tertiary/aromatic N) is 2. The summed E-state index contributed by atoms with van der Waals surface area (Å²) in [6.45, 7) is -0.461. The number of ether oxygens (including phenoxy) is 1. The van der Waals surface area contributed by atoms with Crippen molar-refractivity contribution in [1.29, 1.82) is 0 Å². The van der Waals surface area contributed by atoms with E-state index in [2.05, 4.69) is 14.5 Å². The number of nitrogens with two attached hydrogens (primary N) is 1. The monoisotopic (exact) mass is 346 g/mol. The number of H-pyrrole nitrogens is 1. The first-order valence-electron chi connectivity index (χ1n) is 6.64. The van der Waals surface area contributed by atoms with Gasteiger partial charge in [-0.3, -0.25) is 14.3 Å². The maximum Gasteiger partial charge on any atom is 0.469 e. The number of phosphoric ester groups is 1. The Morgan fingerprint density at radius 1 is 1.57 bits per heavy atom. The third-order valence-corrected chi connectivity index (χ3v) is 4.01. The third kappa shape index (κ3) is 3.29. The van der Waals surface area contributed by atoms with Gasteiger partial charge >= 0.3 is 7.82 Å². The summed E-state index contributed by atoms with van der Waals surface area (Å²) >= 11 is 0. The van der Waals surface area contributed by atoms with Crippen LogP contribution in [0.4, 0.5) is 5.95 Å². The zero-order valence-corrected chi connectivity index (χ0v) is 12.6. The molecule has 3 atom stereocenters. The molecule has 0 radical (unpaired) electrons. The van der Waals surface area contributed by atoms with Crippen molar-refractivity contribution in [2.75, 3.05) is 12.3 Å². The van der Waals surface area contributed by atoms with Gasteiger partial charge in [0.15, 0.2) is 5.65 Å². The van der Waals surface area contributed by atoms with Gasteiger partial charge in [0.2, 0.25) is 5.95 Å². The number of phosphoric acid groups is 1. The van der Waals surface area contributed by atoms with E-state index in [1.165, 1.54) is 10.6 Å². The molecule has 1 aliphatic rings. The summed E-state index contributed by atoms with van der Waals surface area (Å²) in [5.41, 5.74) is 5.42. The van der Waals surface area contributed by atoms with Crippen LogP contribution < -0.4 is 11.3 Å². The summed E-state index contributed by atoms with van der Waals surface area (Å²) in [5, 5.41) is 10.3. The minimum absolute atomic E-state index is 0.0534. The summed E-state index contributed by atoms with van der Waals surface area (Å²) in [6, 6.07) is 1.54. The van der Waals surface area contributed by atoms with Gasteiger partial charge in [0.05, 0.1) is 18.1 Å². The van der Waals surface area contributed by atoms with E-state index in [9.17, 15) is 14.5 Å². The Balaban J connectivity index is 1.84. The molecule has 0 aromatic carbocycles. The van der Waals surface area contributed by atoms with Gasteiger partial charge in [-0.1, -0.05) is 0 Å². The molecule has 11 nitrogen and oxygen atoms in total. The lowest BCUT2D eigenvalue weighted by Gasteiger charge is -2.16. The molecule has 2 aromatic heterocycles. The van der Waals surface area contributed by atoms with Crippen LogP contribution in [0.25, 0.3) is 11.0 Å². The molecule has 0 bridgehead atoms. The highest BCUT2D eigenvalue weighted by Gasteiger charge is 2.37. The first kappa shape index (κ1) is 16.1. The number of aromatic nitrogens is 3. The molecule has 1 saturated heterocycles. The largest absolute Gasteiger partial charge is 0.469 e. The number of rotatable bonds is 4. The molecule has 3 heterocycles. The van der Waals surface area contributed by atoms with E-state index in [4.69, 9.17) is 20.3 Å². The zero-order valence-electron chi connectivity index (χ0n) is 11.7. The van der Waals surface area contributed by atoms with Crippen molar-refractivity contribution >= 4 is 24.8 Å². The van der Waals surface area contributed by atoms with Crippen molar-refractivity contribution in [3.05, 3.63) is 22.6 Å². The molecule has 1 aliphatic heterocycles. The van der Waals surface area contributed by atoms with Crippen LogP contribution in [0.2, 0.25) is 0 Å². The van der Waals surface area contributed by atoms with E-state index in [-0.39, 0.29) is 12.4 Å². The molecular weight excluding hydrogens is 331 g/mol. The molecule has 3 rings (SSSR count). The van der Waals surface area contributed by atoms with Crippen molar-refractivity contribution in [3.63, 3.8) is 0 Å². The van der Waals surface area contributed by atoms with Gasteiger partial charge in [0.25, 0.3) is 5.56 Å². The molecule has 0 aliphatic carbocycles. The number of nitrogens with one attached hydrogen (secondary N) is 1. The SMILES string of the molecule is Nc1nc2c(ccn2[C@H]2C[C@H](O)[C@@H](COP(=O)(O)O)O2)c(=O)[nH]1. The number of fused-ring (bicyclic) bond motifs is 1. The molecule has 126 valence electrons. The molecule has 0 saturated carbocycles. The minimum Gasteiger partial charge on any atom is -0.390 e. The van der Waals surface area contributed by atoms with Crippen LogP contribution in [-0.4, -0.2) is 48.2 Å². The Bertz CT molecular complexity index is 827. The molecule has 0 unspecified atom stereocenters. The number of aliphatic hydroxyl groups is 1. The highest BCUT2D eigenvalue weighted by Crippen LogP contribution is 2.38. The van der Waals surface area contributed by atoms with E-state index in [0.717, 1.165) is 0 Å². The fraction of sp³-hybridized carbons (Fsp3) is 0.455. The predicted octanol–water partition coefficient (Wildman–Crippen LogP) is -0.936. The third-order valence-electron chi connectivity index (χ3n) is 3.52. The lowest BCUT2D eigenvalue weighted by atomic mass is 10.2. The molecule has 2 aromatic rings. The number of nitrogen functional groups attached to an aromatic ring is 1. The Hall–Kier alpha value is -1.75. The number of anilines is 1. The molecule has 0 amide bonds. The summed E-state index contributed by atoms with van der Waals surface area (Å²) in [6.07, 6.45) is -0.849. The van der Waals surface area contributed by atoms with E-state index in [1.807, 2.05) is 0 Å². The average Bonchev–Trinajstić information content (AvgIpc) is 2.99. The van der Waals surface area contributed by atoms with Gasteiger partial charge < -0.3 is 29.9 Å². The first-order valence-corrected chi connectivity index (χ1v) is 8.17. The van der Waals surface area contributed by atoms with Crippen molar-refractivity contribution < 1.29 is 28.7 Å². The van der Waals surface area contributed by atoms with Crippen molar-refractivity contribution in [3.8, 4) is 0 Å². The van der Waals surface area contributed by atoms with E-state index in [1.54, 1.807) is 6.20 Å². The van der Waals surface area contributed by atoms with E-state index in [0.29, 0.717) is 11.0 Å². The lowest BCUT2D eigenvalue weighted by Crippen LogP contribution is -2.25. The Morgan fingerprint density at radius 2 is 2.30 bits per heavy atom. The second-order valence-electron chi connectivity index (χ2n) is 5.13. The number of hydrogen-bond acceptors (Lipinski definition) is 7. The summed E-state index contributed by atoms with van der Waals surface area (Å²) in [5.74, 6) is -0.0534. The second-order valence-corrected chi connectivity index (χ2v) is 6.37. The Morgan fingerprint density at radius 3 is 3.00 bits per heavy atom. The summed E-state index contributed by atoms with van der Waals surface area (Å²) in [4.78, 5) is 35.6. The van der Waals surface area contributed by atoms with Crippen LogP contribution in [0, 0.1) is 0 Å². The molecule has 12 heteroatoms. The van der Waals surface area contributed by atoms with Crippen LogP contribution in [0.5, 0.6) is 0 Å². The van der Waals surface area contributed by atoms with E-state index < -0.39 is 38.4 Å². The number of aliphatic hydroxyl groups excluding tert-OH is 1. The van der Waals surface area contributed by atoms with Crippen molar-refractivity contribution in [2.45, 2.75) is 24.9 Å². The van der Waals surface area contributed by atoms with Gasteiger partial charge in [-0.05, 0) is 6.07 Å². The quantitative estimate of drug-likeness (QED) is 0.438. The van der Waals surface area contributed by atoms with Crippen LogP contribution in [0.1, 0.15) is 12.6 Å². The van der Waals surface area contributed by atoms with E-state index >= 15 is 0 Å². The van der Waals surface area contributed by atoms with Crippen molar-refractivity contribution in [1.82, 2.24) is 14.5 Å². The lowest BCUT2D eigenvalue weighted by molar-refractivity contribution is -0.0422. The van der Waals surface area contributed by atoms with Gasteiger partial charge in [-0.2, -0.15) is 4.98 Å². The topological polar surface area (TPSA) is 173 Å². The average molecular weight is 346 g/mol. The molecule has 1 fully saturated rings. The number of hydrogen-bond donors (Lipinski definition) is 5. The Labute approximate surface area is 128 Å². The molecular formula is C11H15N4O7P. The maximum absolute atomic E-state index is 11.8. The van der Waals surface area contributed by atoms with Crippen molar-refractivity contribution in [2.24, 2.45) is 0 Å². The minimum atomic E-state index is -4.65. The normalized spacial score (nSPS) is 25.3. The fourth-order valence-electron chi connectivity index (χ4n) is 2.50. The van der Waals surface area contributed by atoms with Crippen LogP contribution >= 0.6 is 7.82 Å².